The lowest BCUT2D eigenvalue weighted by atomic mass is 10.1. The van der Waals surface area contributed by atoms with E-state index in [1.54, 1.807) is 11.8 Å². The fraction of sp³-hybridized carbons (Fsp3) is 0.353. The molecule has 1 atom stereocenters. The Bertz CT molecular complexity index is 657. The summed E-state index contributed by atoms with van der Waals surface area (Å²) >= 11 is 7.43. The molecule has 1 aliphatic heterocycles. The number of carbonyl (C=O) groups is 1. The van der Waals surface area contributed by atoms with Gasteiger partial charge in [0.15, 0.2) is 5.09 Å². The van der Waals surface area contributed by atoms with Crippen LogP contribution in [0.2, 0.25) is 5.02 Å². The van der Waals surface area contributed by atoms with Crippen molar-refractivity contribution in [3.8, 4) is 0 Å². The van der Waals surface area contributed by atoms with E-state index in [0.717, 1.165) is 46.6 Å². The van der Waals surface area contributed by atoms with E-state index in [2.05, 4.69) is 10.6 Å². The van der Waals surface area contributed by atoms with Crippen molar-refractivity contribution >= 4 is 29.3 Å². The van der Waals surface area contributed by atoms with E-state index in [-0.39, 0.29) is 11.9 Å². The van der Waals surface area contributed by atoms with Crippen LogP contribution in [-0.4, -0.2) is 18.5 Å². The zero-order valence-electron chi connectivity index (χ0n) is 12.7. The highest BCUT2D eigenvalue weighted by Crippen LogP contribution is 2.30. The SMILES string of the molecule is O=C1NCCCC[C@@H]1NCc1ccc(Sc2ccc(Cl)cc2)o1. The van der Waals surface area contributed by atoms with Crippen molar-refractivity contribution in [2.75, 3.05) is 6.54 Å². The molecular weight excluding hydrogens is 332 g/mol. The summed E-state index contributed by atoms with van der Waals surface area (Å²) in [6, 6.07) is 11.4. The molecule has 1 aromatic carbocycles. The number of rotatable bonds is 5. The van der Waals surface area contributed by atoms with Gasteiger partial charge in [0.25, 0.3) is 0 Å². The molecule has 3 rings (SSSR count). The van der Waals surface area contributed by atoms with E-state index in [1.165, 1.54) is 0 Å². The van der Waals surface area contributed by atoms with Gasteiger partial charge in [0.2, 0.25) is 5.91 Å². The number of amides is 1. The van der Waals surface area contributed by atoms with Crippen LogP contribution in [0.15, 0.2) is 50.8 Å². The van der Waals surface area contributed by atoms with Crippen molar-refractivity contribution in [3.63, 3.8) is 0 Å². The van der Waals surface area contributed by atoms with Crippen LogP contribution >= 0.6 is 23.4 Å². The fourth-order valence-corrected chi connectivity index (χ4v) is 3.40. The van der Waals surface area contributed by atoms with E-state index in [9.17, 15) is 4.79 Å². The van der Waals surface area contributed by atoms with E-state index in [1.807, 2.05) is 36.4 Å². The second kappa shape index (κ2) is 7.90. The van der Waals surface area contributed by atoms with Crippen molar-refractivity contribution in [3.05, 3.63) is 47.2 Å². The lowest BCUT2D eigenvalue weighted by molar-refractivity contribution is -0.122. The Labute approximate surface area is 145 Å². The molecule has 0 aliphatic carbocycles. The van der Waals surface area contributed by atoms with E-state index in [0.29, 0.717) is 6.54 Å². The molecule has 2 heterocycles. The van der Waals surface area contributed by atoms with Crippen LogP contribution in [0.5, 0.6) is 0 Å². The molecule has 2 aromatic rings. The van der Waals surface area contributed by atoms with Crippen LogP contribution in [0.25, 0.3) is 0 Å². The number of hydrogen-bond donors (Lipinski definition) is 2. The maximum Gasteiger partial charge on any atom is 0.237 e. The zero-order chi connectivity index (χ0) is 16.1. The molecule has 1 fully saturated rings. The first-order valence-electron chi connectivity index (χ1n) is 7.74. The van der Waals surface area contributed by atoms with Crippen LogP contribution in [0, 0.1) is 0 Å². The Morgan fingerprint density at radius 3 is 2.87 bits per heavy atom. The van der Waals surface area contributed by atoms with Crippen LogP contribution in [0.4, 0.5) is 0 Å². The molecule has 1 aromatic heterocycles. The highest BCUT2D eigenvalue weighted by molar-refractivity contribution is 7.99. The Morgan fingerprint density at radius 1 is 1.22 bits per heavy atom. The minimum absolute atomic E-state index is 0.0878. The third-order valence-electron chi connectivity index (χ3n) is 3.73. The first-order chi connectivity index (χ1) is 11.2. The predicted octanol–water partition coefficient (Wildman–Crippen LogP) is 3.84. The molecule has 2 N–H and O–H groups in total. The van der Waals surface area contributed by atoms with Gasteiger partial charge in [-0.2, -0.15) is 0 Å². The fourth-order valence-electron chi connectivity index (χ4n) is 2.48. The molecule has 4 nitrogen and oxygen atoms in total. The average Bonchev–Trinajstić information content (AvgIpc) is 2.89. The van der Waals surface area contributed by atoms with Crippen molar-refractivity contribution in [2.24, 2.45) is 0 Å². The number of halogens is 1. The summed E-state index contributed by atoms with van der Waals surface area (Å²) in [6.45, 7) is 1.33. The normalized spacial score (nSPS) is 18.5. The van der Waals surface area contributed by atoms with Gasteiger partial charge in [-0.3, -0.25) is 10.1 Å². The minimum atomic E-state index is -0.130. The number of carbonyl (C=O) groups excluding carboxylic acids is 1. The molecular formula is C17H19ClN2O2S. The summed E-state index contributed by atoms with van der Waals surface area (Å²) in [5.74, 6) is 0.920. The molecule has 0 saturated carbocycles. The average molecular weight is 351 g/mol. The summed E-state index contributed by atoms with van der Waals surface area (Å²) in [5.41, 5.74) is 0. The van der Waals surface area contributed by atoms with Crippen molar-refractivity contribution in [2.45, 2.75) is 41.8 Å². The number of nitrogens with one attached hydrogen (secondary N) is 2. The Morgan fingerprint density at radius 2 is 2.04 bits per heavy atom. The van der Waals surface area contributed by atoms with Gasteiger partial charge < -0.3 is 9.73 Å². The maximum atomic E-state index is 11.9. The molecule has 6 heteroatoms. The monoisotopic (exact) mass is 350 g/mol. The predicted molar refractivity (Wildman–Crippen MR) is 91.8 cm³/mol. The Balaban J connectivity index is 1.54. The van der Waals surface area contributed by atoms with Gasteiger partial charge in [0.05, 0.1) is 12.6 Å². The first-order valence-corrected chi connectivity index (χ1v) is 8.93. The van der Waals surface area contributed by atoms with Crippen molar-refractivity contribution in [1.29, 1.82) is 0 Å². The van der Waals surface area contributed by atoms with Crippen LogP contribution in [-0.2, 0) is 11.3 Å². The third kappa shape index (κ3) is 4.77. The molecule has 122 valence electrons. The molecule has 0 spiro atoms. The zero-order valence-corrected chi connectivity index (χ0v) is 14.3. The summed E-state index contributed by atoms with van der Waals surface area (Å²) in [7, 11) is 0. The molecule has 23 heavy (non-hydrogen) atoms. The first kappa shape index (κ1) is 16.4. The molecule has 1 aliphatic rings. The summed E-state index contributed by atoms with van der Waals surface area (Å²) < 4.78 is 5.81. The van der Waals surface area contributed by atoms with Crippen LogP contribution in [0.1, 0.15) is 25.0 Å². The minimum Gasteiger partial charge on any atom is -0.453 e. The third-order valence-corrected chi connectivity index (χ3v) is 4.91. The van der Waals surface area contributed by atoms with Gasteiger partial charge in [0, 0.05) is 16.5 Å². The summed E-state index contributed by atoms with van der Waals surface area (Å²) in [4.78, 5) is 13.0. The lowest BCUT2D eigenvalue weighted by Crippen LogP contribution is -2.42. The topological polar surface area (TPSA) is 54.3 Å². The summed E-state index contributed by atoms with van der Waals surface area (Å²) in [6.07, 6.45) is 2.98. The second-order valence-corrected chi connectivity index (χ2v) is 7.01. The van der Waals surface area contributed by atoms with Crippen LogP contribution < -0.4 is 10.6 Å². The molecule has 1 saturated heterocycles. The molecule has 0 unspecified atom stereocenters. The maximum absolute atomic E-state index is 11.9. The highest BCUT2D eigenvalue weighted by atomic mass is 35.5. The number of hydrogen-bond acceptors (Lipinski definition) is 4. The van der Waals surface area contributed by atoms with Gasteiger partial charge in [-0.25, -0.2) is 0 Å². The quantitative estimate of drug-likeness (QED) is 0.860. The molecule has 0 radical (unpaired) electrons. The second-order valence-electron chi connectivity index (χ2n) is 5.50. The van der Waals surface area contributed by atoms with E-state index in [4.69, 9.17) is 16.0 Å². The summed E-state index contributed by atoms with van der Waals surface area (Å²) in [5, 5.41) is 7.76. The standard InChI is InChI=1S/C17H19ClN2O2S/c18-12-4-7-14(8-5-12)23-16-9-6-13(22-16)11-20-15-3-1-2-10-19-17(15)21/h4-9,15,20H,1-3,10-11H2,(H,19,21)/t15-/m0/s1. The van der Waals surface area contributed by atoms with E-state index >= 15 is 0 Å². The molecule has 0 bridgehead atoms. The van der Waals surface area contributed by atoms with Crippen molar-refractivity contribution in [1.82, 2.24) is 10.6 Å². The van der Waals surface area contributed by atoms with Crippen LogP contribution in [0.3, 0.4) is 0 Å². The Hall–Kier alpha value is -1.43. The molecule has 1 amide bonds. The highest BCUT2D eigenvalue weighted by Gasteiger charge is 2.20. The van der Waals surface area contributed by atoms with Gasteiger partial charge in [0.1, 0.15) is 5.76 Å². The lowest BCUT2D eigenvalue weighted by Gasteiger charge is -2.13. The van der Waals surface area contributed by atoms with Gasteiger partial charge in [-0.1, -0.05) is 23.4 Å². The number of furan rings is 1. The Kier molecular flexibility index (Phi) is 5.65. The smallest absolute Gasteiger partial charge is 0.237 e. The van der Waals surface area contributed by atoms with E-state index < -0.39 is 0 Å². The van der Waals surface area contributed by atoms with Gasteiger partial charge >= 0.3 is 0 Å². The van der Waals surface area contributed by atoms with Crippen molar-refractivity contribution < 1.29 is 9.21 Å². The van der Waals surface area contributed by atoms with Gasteiger partial charge in [-0.15, -0.1) is 0 Å². The number of benzene rings is 1. The largest absolute Gasteiger partial charge is 0.453 e. The van der Waals surface area contributed by atoms with Gasteiger partial charge in [-0.05, 0) is 55.7 Å².